The number of nitrogens with one attached hydrogen (secondary N) is 1. The fourth-order valence-electron chi connectivity index (χ4n) is 3.48. The van der Waals surface area contributed by atoms with E-state index in [4.69, 9.17) is 4.98 Å². The molecule has 1 amide bonds. The maximum Gasteiger partial charge on any atom is 0.240 e. The Morgan fingerprint density at radius 1 is 1.42 bits per heavy atom. The average molecular weight is 395 g/mol. The van der Waals surface area contributed by atoms with Gasteiger partial charge in [0.2, 0.25) is 5.91 Å². The minimum absolute atomic E-state index is 0.0206. The topological polar surface area (TPSA) is 78.4 Å². The summed E-state index contributed by atoms with van der Waals surface area (Å²) in [5.74, 6) is 0.0206. The molecule has 0 spiro atoms. The van der Waals surface area contributed by atoms with Crippen molar-refractivity contribution in [2.45, 2.75) is 52.3 Å². The summed E-state index contributed by atoms with van der Waals surface area (Å²) >= 11 is 3.12. The van der Waals surface area contributed by atoms with Crippen LogP contribution in [0.2, 0.25) is 0 Å². The van der Waals surface area contributed by atoms with Gasteiger partial charge in [0.15, 0.2) is 0 Å². The summed E-state index contributed by atoms with van der Waals surface area (Å²) in [4.78, 5) is 25.1. The van der Waals surface area contributed by atoms with Crippen molar-refractivity contribution >= 4 is 28.6 Å². The summed E-state index contributed by atoms with van der Waals surface area (Å²) in [7, 11) is 1.81. The summed E-state index contributed by atoms with van der Waals surface area (Å²) in [5, 5.41) is 16.3. The Labute approximate surface area is 162 Å². The number of aliphatic hydroxyl groups excluding tert-OH is 1. The first-order chi connectivity index (χ1) is 12.2. The molecule has 3 rings (SSSR count). The minimum atomic E-state index is -0.515. The second kappa shape index (κ2) is 7.34. The molecule has 2 aromatic rings. The molecule has 26 heavy (non-hydrogen) atoms. The zero-order chi connectivity index (χ0) is 19.1. The second-order valence-corrected chi connectivity index (χ2v) is 9.57. The van der Waals surface area contributed by atoms with Crippen LogP contribution in [0.3, 0.4) is 0 Å². The fraction of sp³-hybridized carbons (Fsp3) is 0.611. The number of rotatable bonds is 4. The molecule has 2 aromatic heterocycles. The number of amides is 1. The summed E-state index contributed by atoms with van der Waals surface area (Å²) in [6, 6.07) is -0.485. The van der Waals surface area contributed by atoms with Crippen LogP contribution in [-0.4, -0.2) is 51.6 Å². The maximum absolute atomic E-state index is 13.2. The van der Waals surface area contributed by atoms with Crippen LogP contribution in [0.1, 0.15) is 43.9 Å². The van der Waals surface area contributed by atoms with Crippen LogP contribution in [0.15, 0.2) is 10.9 Å². The molecule has 3 heterocycles. The molecule has 142 valence electrons. The molecule has 0 unspecified atom stereocenters. The maximum atomic E-state index is 13.2. The van der Waals surface area contributed by atoms with E-state index in [0.29, 0.717) is 13.0 Å². The average Bonchev–Trinajstić information content (AvgIpc) is 3.25. The molecule has 8 heteroatoms. The standard InChI is InChI=1S/C18H26N4O2S2/c1-10-14(26-9-20-10)12-8-25-16(21-12)13-6-11(23)7-22(13)17(24)15(19-5)18(2,3)4/h8-9,11,13,15,19,23H,6-7H2,1-5H3/t11-,13+,15-/m1/s1. The Morgan fingerprint density at radius 2 is 2.15 bits per heavy atom. The van der Waals surface area contributed by atoms with Gasteiger partial charge in [0.25, 0.3) is 0 Å². The first-order valence-electron chi connectivity index (χ1n) is 8.74. The molecule has 1 saturated heterocycles. The van der Waals surface area contributed by atoms with E-state index in [0.717, 1.165) is 21.3 Å². The third-order valence-corrected chi connectivity index (χ3v) is 6.65. The first-order valence-corrected chi connectivity index (χ1v) is 10.5. The number of aryl methyl sites for hydroxylation is 1. The largest absolute Gasteiger partial charge is 0.391 e. The molecule has 1 aliphatic rings. The quantitative estimate of drug-likeness (QED) is 0.834. The molecule has 2 N–H and O–H groups in total. The van der Waals surface area contributed by atoms with Gasteiger partial charge in [-0.05, 0) is 19.4 Å². The van der Waals surface area contributed by atoms with Crippen molar-refractivity contribution in [2.24, 2.45) is 5.41 Å². The van der Waals surface area contributed by atoms with E-state index in [1.807, 2.05) is 45.6 Å². The number of aromatic nitrogens is 2. The molecular weight excluding hydrogens is 368 g/mol. The summed E-state index contributed by atoms with van der Waals surface area (Å²) < 4.78 is 0. The van der Waals surface area contributed by atoms with E-state index in [1.54, 1.807) is 27.6 Å². The number of likely N-dealkylation sites (N-methyl/N-ethyl adjacent to an activating group) is 1. The van der Waals surface area contributed by atoms with Crippen LogP contribution in [0.4, 0.5) is 0 Å². The third-order valence-electron chi connectivity index (χ3n) is 4.75. The summed E-state index contributed by atoms with van der Waals surface area (Å²) in [6.45, 7) is 8.46. The monoisotopic (exact) mass is 394 g/mol. The Bertz CT molecular complexity index is 780. The van der Waals surface area contributed by atoms with E-state index in [9.17, 15) is 9.90 Å². The van der Waals surface area contributed by atoms with Crippen LogP contribution < -0.4 is 5.32 Å². The van der Waals surface area contributed by atoms with Gasteiger partial charge in [0.05, 0.1) is 40.0 Å². The third kappa shape index (κ3) is 3.69. The van der Waals surface area contributed by atoms with E-state index in [2.05, 4.69) is 10.3 Å². The van der Waals surface area contributed by atoms with Crippen LogP contribution in [-0.2, 0) is 4.79 Å². The molecule has 0 radical (unpaired) electrons. The predicted octanol–water partition coefficient (Wildman–Crippen LogP) is 2.84. The van der Waals surface area contributed by atoms with Crippen molar-refractivity contribution in [3.8, 4) is 10.6 Å². The lowest BCUT2D eigenvalue weighted by Crippen LogP contribution is -2.51. The van der Waals surface area contributed by atoms with Crippen LogP contribution in [0.5, 0.6) is 0 Å². The van der Waals surface area contributed by atoms with E-state index in [-0.39, 0.29) is 23.4 Å². The number of β-amino-alcohol motifs (C(OH)–C–C–N with tert-alkyl or cyclic N) is 1. The molecule has 0 aliphatic carbocycles. The number of thiazole rings is 2. The number of hydrogen-bond donors (Lipinski definition) is 2. The highest BCUT2D eigenvalue weighted by molar-refractivity contribution is 7.14. The molecule has 6 nitrogen and oxygen atoms in total. The van der Waals surface area contributed by atoms with Crippen molar-refractivity contribution in [3.05, 3.63) is 21.6 Å². The first kappa shape index (κ1) is 19.4. The van der Waals surface area contributed by atoms with Gasteiger partial charge in [0, 0.05) is 18.3 Å². The number of likely N-dealkylation sites (tertiary alicyclic amines) is 1. The minimum Gasteiger partial charge on any atom is -0.391 e. The highest BCUT2D eigenvalue weighted by atomic mass is 32.1. The zero-order valence-electron chi connectivity index (χ0n) is 15.8. The highest BCUT2D eigenvalue weighted by Crippen LogP contribution is 2.38. The Hall–Kier alpha value is -1.35. The van der Waals surface area contributed by atoms with Crippen LogP contribution in [0.25, 0.3) is 10.6 Å². The second-order valence-electron chi connectivity index (χ2n) is 7.82. The molecule has 3 atom stereocenters. The van der Waals surface area contributed by atoms with Crippen molar-refractivity contribution in [1.82, 2.24) is 20.2 Å². The molecule has 0 bridgehead atoms. The smallest absolute Gasteiger partial charge is 0.240 e. The van der Waals surface area contributed by atoms with Gasteiger partial charge in [-0.1, -0.05) is 20.8 Å². The predicted molar refractivity (Wildman–Crippen MR) is 105 cm³/mol. The summed E-state index contributed by atoms with van der Waals surface area (Å²) in [6.07, 6.45) is 0.0138. The molecule has 1 fully saturated rings. The fourth-order valence-corrected chi connectivity index (χ4v) is 5.25. The molecule has 0 saturated carbocycles. The molecular formula is C18H26N4O2S2. The van der Waals surface area contributed by atoms with Gasteiger partial charge < -0.3 is 15.3 Å². The zero-order valence-corrected chi connectivity index (χ0v) is 17.4. The summed E-state index contributed by atoms with van der Waals surface area (Å²) in [5.41, 5.74) is 3.48. The van der Waals surface area contributed by atoms with Gasteiger partial charge in [0.1, 0.15) is 5.01 Å². The number of carbonyl (C=O) groups is 1. The van der Waals surface area contributed by atoms with Crippen LogP contribution in [0, 0.1) is 12.3 Å². The molecule has 0 aromatic carbocycles. The lowest BCUT2D eigenvalue weighted by atomic mass is 9.86. The SMILES string of the molecule is CN[C@H](C(=O)N1C[C@H](O)C[C@H]1c1nc(-c2scnc2C)cs1)C(C)(C)C. The number of aliphatic hydroxyl groups is 1. The Balaban J connectivity index is 1.88. The highest BCUT2D eigenvalue weighted by Gasteiger charge is 2.42. The van der Waals surface area contributed by atoms with Crippen molar-refractivity contribution in [3.63, 3.8) is 0 Å². The van der Waals surface area contributed by atoms with Gasteiger partial charge >= 0.3 is 0 Å². The van der Waals surface area contributed by atoms with Crippen molar-refractivity contribution in [2.75, 3.05) is 13.6 Å². The van der Waals surface area contributed by atoms with Crippen molar-refractivity contribution in [1.29, 1.82) is 0 Å². The Kier molecular flexibility index (Phi) is 5.48. The van der Waals surface area contributed by atoms with Crippen molar-refractivity contribution < 1.29 is 9.90 Å². The number of nitrogens with zero attached hydrogens (tertiary/aromatic N) is 3. The van der Waals surface area contributed by atoms with Gasteiger partial charge in [-0.25, -0.2) is 9.97 Å². The van der Waals surface area contributed by atoms with Gasteiger partial charge in [-0.15, -0.1) is 22.7 Å². The number of carbonyl (C=O) groups excluding carboxylic acids is 1. The van der Waals surface area contributed by atoms with E-state index in [1.165, 1.54) is 0 Å². The van der Waals surface area contributed by atoms with E-state index >= 15 is 0 Å². The van der Waals surface area contributed by atoms with Crippen LogP contribution >= 0.6 is 22.7 Å². The normalized spacial score (nSPS) is 22.0. The number of hydrogen-bond acceptors (Lipinski definition) is 7. The Morgan fingerprint density at radius 3 is 2.73 bits per heavy atom. The van der Waals surface area contributed by atoms with Gasteiger partial charge in [-0.2, -0.15) is 0 Å². The lowest BCUT2D eigenvalue weighted by molar-refractivity contribution is -0.137. The molecule has 1 aliphatic heterocycles. The van der Waals surface area contributed by atoms with E-state index < -0.39 is 6.10 Å². The lowest BCUT2D eigenvalue weighted by Gasteiger charge is -2.34. The van der Waals surface area contributed by atoms with Gasteiger partial charge in [-0.3, -0.25) is 4.79 Å².